The molecule has 6 heteroatoms. The van der Waals surface area contributed by atoms with Crippen LogP contribution in [0.4, 0.5) is 0 Å². The van der Waals surface area contributed by atoms with E-state index in [1.807, 2.05) is 37.3 Å². The van der Waals surface area contributed by atoms with Gasteiger partial charge in [-0.25, -0.2) is 0 Å². The Hall–Kier alpha value is -3.12. The number of Topliss-reactive ketones (excluding diaryl/α,β-unsaturated/α-hetero) is 1. The standard InChI is InChI=1S/C26H32N2O4/c1-4-17-32-21-14-10-13-20(18-21)23-22(24(29)19-11-8-7-9-12-19)25(30)26(31)28(23)16-15-27(5-2)6-3/h7-14,18,23,29H,4-6,15-17H2,1-3H3/b24-22+/t23-/m0/s1. The zero-order valence-corrected chi connectivity index (χ0v) is 19.1. The quantitative estimate of drug-likeness (QED) is 0.343. The van der Waals surface area contributed by atoms with Gasteiger partial charge in [0.1, 0.15) is 11.5 Å². The summed E-state index contributed by atoms with van der Waals surface area (Å²) in [6.45, 7) is 9.50. The number of nitrogens with zero attached hydrogens (tertiary/aromatic N) is 2. The van der Waals surface area contributed by atoms with E-state index in [1.165, 1.54) is 0 Å². The van der Waals surface area contributed by atoms with Gasteiger partial charge in [-0.15, -0.1) is 0 Å². The van der Waals surface area contributed by atoms with Crippen molar-refractivity contribution < 1.29 is 19.4 Å². The van der Waals surface area contributed by atoms with Gasteiger partial charge in [-0.1, -0.05) is 63.2 Å². The fourth-order valence-corrected chi connectivity index (χ4v) is 3.99. The molecule has 2 aromatic carbocycles. The molecule has 0 radical (unpaired) electrons. The Morgan fingerprint density at radius 1 is 1.03 bits per heavy atom. The number of rotatable bonds is 10. The third-order valence-electron chi connectivity index (χ3n) is 5.79. The highest BCUT2D eigenvalue weighted by molar-refractivity contribution is 6.46. The molecule has 1 heterocycles. The second-order valence-electron chi connectivity index (χ2n) is 7.81. The van der Waals surface area contributed by atoms with Crippen molar-refractivity contribution in [2.45, 2.75) is 33.2 Å². The summed E-state index contributed by atoms with van der Waals surface area (Å²) in [6.07, 6.45) is 0.876. The molecular formula is C26H32N2O4. The van der Waals surface area contributed by atoms with Gasteiger partial charge in [0.05, 0.1) is 18.2 Å². The van der Waals surface area contributed by atoms with E-state index in [2.05, 4.69) is 18.7 Å². The van der Waals surface area contributed by atoms with Gasteiger partial charge in [0.2, 0.25) is 0 Å². The van der Waals surface area contributed by atoms with Gasteiger partial charge in [0.15, 0.2) is 0 Å². The van der Waals surface area contributed by atoms with Crippen LogP contribution in [0.5, 0.6) is 5.75 Å². The molecule has 1 atom stereocenters. The van der Waals surface area contributed by atoms with E-state index >= 15 is 0 Å². The Morgan fingerprint density at radius 3 is 2.41 bits per heavy atom. The molecule has 1 saturated heterocycles. The summed E-state index contributed by atoms with van der Waals surface area (Å²) in [5, 5.41) is 11.1. The minimum absolute atomic E-state index is 0.119. The highest BCUT2D eigenvalue weighted by atomic mass is 16.5. The molecule has 170 valence electrons. The van der Waals surface area contributed by atoms with E-state index in [9.17, 15) is 14.7 Å². The monoisotopic (exact) mass is 436 g/mol. The van der Waals surface area contributed by atoms with Crippen LogP contribution in [0.2, 0.25) is 0 Å². The van der Waals surface area contributed by atoms with E-state index in [0.717, 1.165) is 25.1 Å². The van der Waals surface area contributed by atoms with Gasteiger partial charge in [-0.05, 0) is 37.2 Å². The first-order valence-electron chi connectivity index (χ1n) is 11.3. The van der Waals surface area contributed by atoms with E-state index in [0.29, 0.717) is 31.0 Å². The van der Waals surface area contributed by atoms with Crippen molar-refractivity contribution >= 4 is 17.4 Å². The minimum atomic E-state index is -0.670. The normalized spacial score (nSPS) is 17.9. The number of carbonyl (C=O) groups is 2. The Labute approximate surface area is 190 Å². The van der Waals surface area contributed by atoms with Crippen LogP contribution >= 0.6 is 0 Å². The first kappa shape index (κ1) is 23.5. The summed E-state index contributed by atoms with van der Waals surface area (Å²) < 4.78 is 5.78. The number of aliphatic hydroxyl groups excluding tert-OH is 1. The lowest BCUT2D eigenvalue weighted by Gasteiger charge is -2.28. The fourth-order valence-electron chi connectivity index (χ4n) is 3.99. The number of benzene rings is 2. The van der Waals surface area contributed by atoms with Crippen LogP contribution in [-0.2, 0) is 9.59 Å². The van der Waals surface area contributed by atoms with Crippen LogP contribution in [0.15, 0.2) is 60.2 Å². The van der Waals surface area contributed by atoms with Crippen molar-refractivity contribution in [3.8, 4) is 5.75 Å². The number of aliphatic hydroxyl groups is 1. The largest absolute Gasteiger partial charge is 0.507 e. The van der Waals surface area contributed by atoms with Gasteiger partial charge >= 0.3 is 0 Å². The van der Waals surface area contributed by atoms with Crippen molar-refractivity contribution in [2.24, 2.45) is 0 Å². The summed E-state index contributed by atoms with van der Waals surface area (Å²) in [5.74, 6) is -0.715. The lowest BCUT2D eigenvalue weighted by molar-refractivity contribution is -0.140. The smallest absolute Gasteiger partial charge is 0.295 e. The maximum absolute atomic E-state index is 13.1. The first-order valence-corrected chi connectivity index (χ1v) is 11.3. The molecule has 0 spiro atoms. The molecule has 32 heavy (non-hydrogen) atoms. The summed E-state index contributed by atoms with van der Waals surface area (Å²) >= 11 is 0. The predicted octanol–water partition coefficient (Wildman–Crippen LogP) is 4.24. The van der Waals surface area contributed by atoms with Crippen molar-refractivity contribution in [3.63, 3.8) is 0 Å². The van der Waals surface area contributed by atoms with E-state index in [-0.39, 0.29) is 11.3 Å². The number of likely N-dealkylation sites (tertiary alicyclic amines) is 1. The predicted molar refractivity (Wildman–Crippen MR) is 125 cm³/mol. The maximum Gasteiger partial charge on any atom is 0.295 e. The maximum atomic E-state index is 13.1. The zero-order valence-electron chi connectivity index (χ0n) is 19.1. The Kier molecular flexibility index (Phi) is 8.06. The number of likely N-dealkylation sites (N-methyl/N-ethyl adjacent to an activating group) is 1. The molecule has 3 rings (SSSR count). The van der Waals surface area contributed by atoms with Crippen LogP contribution in [-0.4, -0.2) is 59.4 Å². The molecule has 0 saturated carbocycles. The number of hydrogen-bond acceptors (Lipinski definition) is 5. The van der Waals surface area contributed by atoms with Gasteiger partial charge in [0, 0.05) is 18.7 Å². The van der Waals surface area contributed by atoms with Crippen molar-refractivity contribution in [3.05, 3.63) is 71.3 Å². The highest BCUT2D eigenvalue weighted by Crippen LogP contribution is 2.40. The molecule has 0 bridgehead atoms. The van der Waals surface area contributed by atoms with Crippen LogP contribution in [0.1, 0.15) is 44.4 Å². The molecule has 6 nitrogen and oxygen atoms in total. The van der Waals surface area contributed by atoms with Crippen molar-refractivity contribution in [1.82, 2.24) is 9.80 Å². The van der Waals surface area contributed by atoms with Gasteiger partial charge in [-0.3, -0.25) is 9.59 Å². The molecule has 1 aliphatic heterocycles. The van der Waals surface area contributed by atoms with E-state index in [4.69, 9.17) is 4.74 Å². The SMILES string of the molecule is CCCOc1cccc([C@H]2/C(=C(\O)c3ccccc3)C(=O)C(=O)N2CCN(CC)CC)c1. The van der Waals surface area contributed by atoms with E-state index in [1.54, 1.807) is 29.2 Å². The fraction of sp³-hybridized carbons (Fsp3) is 0.385. The number of ketones is 1. The van der Waals surface area contributed by atoms with Crippen LogP contribution in [0.3, 0.4) is 0 Å². The summed E-state index contributed by atoms with van der Waals surface area (Å²) in [4.78, 5) is 29.9. The van der Waals surface area contributed by atoms with Crippen LogP contribution < -0.4 is 4.74 Å². The molecule has 1 aliphatic rings. The van der Waals surface area contributed by atoms with Crippen LogP contribution in [0.25, 0.3) is 5.76 Å². The topological polar surface area (TPSA) is 70.1 Å². The second-order valence-corrected chi connectivity index (χ2v) is 7.81. The summed E-state index contributed by atoms with van der Waals surface area (Å²) in [6, 6.07) is 15.7. The number of hydrogen-bond donors (Lipinski definition) is 1. The average Bonchev–Trinajstić information content (AvgIpc) is 3.08. The Morgan fingerprint density at radius 2 is 1.75 bits per heavy atom. The molecular weight excluding hydrogens is 404 g/mol. The third-order valence-corrected chi connectivity index (χ3v) is 5.79. The lowest BCUT2D eigenvalue weighted by Crippen LogP contribution is -2.38. The highest BCUT2D eigenvalue weighted by Gasteiger charge is 2.46. The molecule has 0 aromatic heterocycles. The minimum Gasteiger partial charge on any atom is -0.507 e. The van der Waals surface area contributed by atoms with Gasteiger partial charge in [-0.2, -0.15) is 0 Å². The third kappa shape index (κ3) is 5.02. The second kappa shape index (κ2) is 11.0. The van der Waals surface area contributed by atoms with E-state index < -0.39 is 17.7 Å². The Balaban J connectivity index is 2.07. The first-order chi connectivity index (χ1) is 15.5. The van der Waals surface area contributed by atoms with Crippen LogP contribution in [0, 0.1) is 0 Å². The number of amides is 1. The molecule has 0 unspecified atom stereocenters. The number of ether oxygens (including phenoxy) is 1. The van der Waals surface area contributed by atoms with Crippen molar-refractivity contribution in [1.29, 1.82) is 0 Å². The summed E-state index contributed by atoms with van der Waals surface area (Å²) in [5.41, 5.74) is 1.38. The van der Waals surface area contributed by atoms with Gasteiger partial charge < -0.3 is 19.6 Å². The molecule has 1 amide bonds. The molecule has 1 N–H and O–H groups in total. The number of carbonyl (C=O) groups excluding carboxylic acids is 2. The molecule has 2 aromatic rings. The Bertz CT molecular complexity index is 967. The van der Waals surface area contributed by atoms with Crippen molar-refractivity contribution in [2.75, 3.05) is 32.8 Å². The summed E-state index contributed by atoms with van der Waals surface area (Å²) in [7, 11) is 0. The molecule has 0 aliphatic carbocycles. The lowest BCUT2D eigenvalue weighted by atomic mass is 9.95. The molecule has 1 fully saturated rings. The van der Waals surface area contributed by atoms with Gasteiger partial charge in [0.25, 0.3) is 11.7 Å². The zero-order chi connectivity index (χ0) is 23.1. The average molecular weight is 437 g/mol.